The van der Waals surface area contributed by atoms with E-state index in [1.54, 1.807) is 18.6 Å². The van der Waals surface area contributed by atoms with Gasteiger partial charge in [-0.15, -0.1) is 0 Å². The van der Waals surface area contributed by atoms with Crippen molar-refractivity contribution in [1.29, 1.82) is 0 Å². The molecule has 1 aromatic carbocycles. The summed E-state index contributed by atoms with van der Waals surface area (Å²) in [6, 6.07) is 11.2. The molecule has 9 heteroatoms. The number of pyridine rings is 1. The van der Waals surface area contributed by atoms with Gasteiger partial charge in [0.15, 0.2) is 5.65 Å². The first-order valence-corrected chi connectivity index (χ1v) is 14.0. The Bertz CT molecular complexity index is 1640. The van der Waals surface area contributed by atoms with Gasteiger partial charge in [0.05, 0.1) is 25.0 Å². The second-order valence-corrected chi connectivity index (χ2v) is 11.2. The minimum Gasteiger partial charge on any atom is -0.378 e. The Morgan fingerprint density at radius 1 is 0.872 bits per heavy atom. The van der Waals surface area contributed by atoms with Crippen LogP contribution in [0, 0.1) is 5.82 Å². The largest absolute Gasteiger partial charge is 0.378 e. The van der Waals surface area contributed by atoms with Crippen molar-refractivity contribution in [3.8, 4) is 22.4 Å². The van der Waals surface area contributed by atoms with E-state index in [-0.39, 0.29) is 5.82 Å². The Morgan fingerprint density at radius 2 is 1.64 bits per heavy atom. The Hall–Kier alpha value is -3.69. The monoisotopic (exact) mass is 523 g/mol. The maximum Gasteiger partial charge on any atom is 0.163 e. The Labute approximate surface area is 225 Å². The lowest BCUT2D eigenvalue weighted by atomic mass is 9.82. The highest BCUT2D eigenvalue weighted by Gasteiger charge is 2.42. The van der Waals surface area contributed by atoms with Crippen molar-refractivity contribution in [3.63, 3.8) is 0 Å². The maximum atomic E-state index is 14.6. The molecule has 0 spiro atoms. The Balaban J connectivity index is 1.21. The summed E-state index contributed by atoms with van der Waals surface area (Å²) in [5.74, 6) is 0.0814. The molecule has 2 aliphatic heterocycles. The summed E-state index contributed by atoms with van der Waals surface area (Å²) in [4.78, 5) is 11.8. The average molecular weight is 524 g/mol. The third kappa shape index (κ3) is 3.71. The summed E-state index contributed by atoms with van der Waals surface area (Å²) in [6.45, 7) is 1.78. The second-order valence-electron chi connectivity index (χ2n) is 11.2. The van der Waals surface area contributed by atoms with Gasteiger partial charge in [0.25, 0.3) is 0 Å². The van der Waals surface area contributed by atoms with Gasteiger partial charge >= 0.3 is 0 Å². The van der Waals surface area contributed by atoms with E-state index in [9.17, 15) is 4.39 Å². The highest BCUT2D eigenvalue weighted by Crippen LogP contribution is 2.42. The van der Waals surface area contributed by atoms with Gasteiger partial charge in [-0.2, -0.15) is 10.2 Å². The molecule has 3 fully saturated rings. The molecule has 2 atom stereocenters. The number of halogens is 1. The third-order valence-corrected chi connectivity index (χ3v) is 9.17. The van der Waals surface area contributed by atoms with E-state index in [0.717, 1.165) is 54.1 Å². The molecular weight excluding hydrogens is 493 g/mol. The fourth-order valence-corrected chi connectivity index (χ4v) is 7.38. The first-order chi connectivity index (χ1) is 19.3. The van der Waals surface area contributed by atoms with E-state index in [1.807, 2.05) is 28.9 Å². The molecule has 5 aromatic rings. The summed E-state index contributed by atoms with van der Waals surface area (Å²) in [7, 11) is 0. The molecule has 1 saturated carbocycles. The minimum atomic E-state index is -0.327. The van der Waals surface area contributed by atoms with Crippen LogP contribution in [0.4, 0.5) is 4.39 Å². The summed E-state index contributed by atoms with van der Waals surface area (Å²) in [6.07, 6.45) is 14.3. The number of rotatable bonds is 4. The van der Waals surface area contributed by atoms with Gasteiger partial charge < -0.3 is 4.74 Å². The molecule has 2 unspecified atom stereocenters. The number of nitrogens with zero attached hydrogens (tertiary/aromatic N) is 6. The van der Waals surface area contributed by atoms with Crippen LogP contribution < -0.4 is 0 Å². The molecule has 8 nitrogen and oxygen atoms in total. The quantitative estimate of drug-likeness (QED) is 0.341. The van der Waals surface area contributed by atoms with Crippen LogP contribution in [0.3, 0.4) is 0 Å². The molecule has 8 rings (SSSR count). The highest BCUT2D eigenvalue weighted by molar-refractivity contribution is 6.02. The van der Waals surface area contributed by atoms with Crippen LogP contribution in [-0.2, 0) is 4.74 Å². The Morgan fingerprint density at radius 3 is 2.44 bits per heavy atom. The normalized spacial score (nSPS) is 25.6. The maximum absolute atomic E-state index is 14.6. The number of hydrogen-bond donors (Lipinski definition) is 1. The molecule has 198 valence electrons. The molecule has 3 aliphatic rings. The zero-order chi connectivity index (χ0) is 25.9. The van der Waals surface area contributed by atoms with Crippen molar-refractivity contribution in [3.05, 3.63) is 66.6 Å². The summed E-state index contributed by atoms with van der Waals surface area (Å²) in [5.41, 5.74) is 5.86. The van der Waals surface area contributed by atoms with Gasteiger partial charge in [-0.1, -0.05) is 6.07 Å². The van der Waals surface area contributed by atoms with Crippen LogP contribution in [0.15, 0.2) is 55.1 Å². The van der Waals surface area contributed by atoms with Crippen molar-refractivity contribution in [2.75, 3.05) is 13.2 Å². The fourth-order valence-electron chi connectivity index (χ4n) is 7.38. The zero-order valence-corrected chi connectivity index (χ0v) is 21.6. The minimum absolute atomic E-state index is 0.327. The molecule has 6 heterocycles. The van der Waals surface area contributed by atoms with Crippen LogP contribution in [0.2, 0.25) is 0 Å². The summed E-state index contributed by atoms with van der Waals surface area (Å²) in [5, 5.41) is 12.8. The van der Waals surface area contributed by atoms with E-state index in [0.29, 0.717) is 34.9 Å². The van der Waals surface area contributed by atoms with Gasteiger partial charge in [0.1, 0.15) is 17.0 Å². The van der Waals surface area contributed by atoms with Gasteiger partial charge in [-0.25, -0.2) is 13.9 Å². The summed E-state index contributed by atoms with van der Waals surface area (Å²) < 4.78 is 22.4. The lowest BCUT2D eigenvalue weighted by Crippen LogP contribution is -2.52. The first-order valence-electron chi connectivity index (χ1n) is 14.0. The van der Waals surface area contributed by atoms with Crippen LogP contribution in [0.1, 0.15) is 50.1 Å². The van der Waals surface area contributed by atoms with E-state index in [2.05, 4.69) is 26.1 Å². The molecular formula is C30H30FN7O. The van der Waals surface area contributed by atoms with Crippen molar-refractivity contribution < 1.29 is 9.13 Å². The standard InChI is InChI=1S/C30H30FN7O/c31-25-8-7-23(24-15-34-35-29(24)25)27-28(19-9-12-32-13-10-19)36-38-26(11-14-33-30(27)38)18-1-3-20(4-2-18)37-21-5-6-22(37)17-39-16-21/h7-15,18,20-22H,1-6,16-17H2,(H,34,35). The lowest BCUT2D eigenvalue weighted by molar-refractivity contribution is -0.0443. The van der Waals surface area contributed by atoms with E-state index < -0.39 is 0 Å². The number of aromatic amines is 1. The number of aromatic nitrogens is 6. The molecule has 0 radical (unpaired) electrons. The zero-order valence-electron chi connectivity index (χ0n) is 21.6. The lowest BCUT2D eigenvalue weighted by Gasteiger charge is -2.43. The Kier molecular flexibility index (Phi) is 5.48. The van der Waals surface area contributed by atoms with Crippen LogP contribution >= 0.6 is 0 Å². The number of morpholine rings is 1. The van der Waals surface area contributed by atoms with Gasteiger partial charge in [0.2, 0.25) is 0 Å². The van der Waals surface area contributed by atoms with Crippen molar-refractivity contribution in [2.24, 2.45) is 0 Å². The molecule has 4 aromatic heterocycles. The van der Waals surface area contributed by atoms with E-state index in [1.165, 1.54) is 37.4 Å². The molecule has 39 heavy (non-hydrogen) atoms. The van der Waals surface area contributed by atoms with E-state index in [4.69, 9.17) is 14.8 Å². The third-order valence-electron chi connectivity index (χ3n) is 9.17. The molecule has 1 N–H and O–H groups in total. The van der Waals surface area contributed by atoms with Crippen LogP contribution in [0.5, 0.6) is 0 Å². The first kappa shape index (κ1) is 23.2. The van der Waals surface area contributed by atoms with E-state index >= 15 is 0 Å². The average Bonchev–Trinajstić information content (AvgIpc) is 3.69. The van der Waals surface area contributed by atoms with Crippen molar-refractivity contribution >= 4 is 16.6 Å². The smallest absolute Gasteiger partial charge is 0.163 e. The summed E-state index contributed by atoms with van der Waals surface area (Å²) >= 11 is 0. The highest BCUT2D eigenvalue weighted by atomic mass is 19.1. The van der Waals surface area contributed by atoms with Gasteiger partial charge in [-0.05, 0) is 68.4 Å². The van der Waals surface area contributed by atoms with Crippen LogP contribution in [0.25, 0.3) is 38.9 Å². The second kappa shape index (κ2) is 9.20. The van der Waals surface area contributed by atoms with Gasteiger partial charge in [0, 0.05) is 59.3 Å². The SMILES string of the molecule is Fc1ccc(-c2c(-c3ccncc3)nn3c(C4CCC(N5C6CCC5COC6)CC4)ccnc23)c2cn[nH]c12. The number of hydrogen-bond acceptors (Lipinski definition) is 6. The molecule has 1 aliphatic carbocycles. The topological polar surface area (TPSA) is 84.2 Å². The fraction of sp³-hybridized carbons (Fsp3) is 0.400. The number of ether oxygens (including phenoxy) is 1. The molecule has 0 amide bonds. The number of benzene rings is 1. The number of H-pyrrole nitrogens is 1. The van der Waals surface area contributed by atoms with Crippen molar-refractivity contribution in [2.45, 2.75) is 62.6 Å². The number of nitrogens with one attached hydrogen (secondary N) is 1. The number of fused-ring (bicyclic) bond motifs is 4. The molecule has 2 saturated heterocycles. The predicted molar refractivity (Wildman–Crippen MR) is 146 cm³/mol. The predicted octanol–water partition coefficient (Wildman–Crippen LogP) is 5.36. The van der Waals surface area contributed by atoms with Gasteiger partial charge in [-0.3, -0.25) is 15.0 Å². The van der Waals surface area contributed by atoms with Crippen LogP contribution in [-0.4, -0.2) is 66.0 Å². The van der Waals surface area contributed by atoms with Crippen molar-refractivity contribution in [1.82, 2.24) is 34.7 Å². The molecule has 2 bridgehead atoms.